The number of carbonyl (C=O) groups is 1. The van der Waals surface area contributed by atoms with Crippen LogP contribution in [0.1, 0.15) is 25.7 Å². The summed E-state index contributed by atoms with van der Waals surface area (Å²) in [6.07, 6.45) is 4.16. The first-order valence-corrected chi connectivity index (χ1v) is 7.42. The second-order valence-electron chi connectivity index (χ2n) is 5.82. The summed E-state index contributed by atoms with van der Waals surface area (Å²) in [6, 6.07) is 0. The molecule has 2 aliphatic rings. The Morgan fingerprint density at radius 2 is 2.00 bits per heavy atom. The van der Waals surface area contributed by atoms with Gasteiger partial charge in [-0.25, -0.2) is 0 Å². The summed E-state index contributed by atoms with van der Waals surface area (Å²) in [4.78, 5) is 17.0. The SMILES string of the molecule is COCCN1CCCN(C(=O)C2(CN)CCC2)CC1. The van der Waals surface area contributed by atoms with Crippen LogP contribution < -0.4 is 5.73 Å². The summed E-state index contributed by atoms with van der Waals surface area (Å²) in [7, 11) is 1.73. The zero-order chi connectivity index (χ0) is 13.7. The Hall–Kier alpha value is -0.650. The Bertz CT molecular complexity index is 300. The standard InChI is InChI=1S/C14H27N3O2/c1-19-11-10-16-6-3-7-17(9-8-16)13(18)14(12-15)4-2-5-14/h2-12,15H2,1H3. The lowest BCUT2D eigenvalue weighted by Crippen LogP contribution is -2.52. The average molecular weight is 269 g/mol. The Kier molecular flexibility index (Phi) is 5.19. The molecule has 1 aliphatic carbocycles. The van der Waals surface area contributed by atoms with Crippen LogP contribution in [0.15, 0.2) is 0 Å². The van der Waals surface area contributed by atoms with E-state index in [1.807, 2.05) is 4.90 Å². The molecule has 5 nitrogen and oxygen atoms in total. The van der Waals surface area contributed by atoms with Crippen molar-refractivity contribution in [3.63, 3.8) is 0 Å². The molecule has 1 amide bonds. The van der Waals surface area contributed by atoms with E-state index >= 15 is 0 Å². The summed E-state index contributed by atoms with van der Waals surface area (Å²) < 4.78 is 5.12. The molecule has 2 fully saturated rings. The number of ether oxygens (including phenoxy) is 1. The minimum atomic E-state index is -0.221. The lowest BCUT2D eigenvalue weighted by Gasteiger charge is -2.42. The first-order chi connectivity index (χ1) is 9.22. The molecule has 1 heterocycles. The third-order valence-corrected chi connectivity index (χ3v) is 4.64. The Morgan fingerprint density at radius 3 is 2.58 bits per heavy atom. The molecule has 19 heavy (non-hydrogen) atoms. The van der Waals surface area contributed by atoms with Crippen LogP contribution in [-0.2, 0) is 9.53 Å². The first-order valence-electron chi connectivity index (χ1n) is 7.42. The molecule has 1 saturated heterocycles. The molecule has 0 aromatic rings. The van der Waals surface area contributed by atoms with Crippen LogP contribution in [0.4, 0.5) is 0 Å². The molecule has 0 unspecified atom stereocenters. The molecule has 0 aromatic heterocycles. The van der Waals surface area contributed by atoms with Crippen molar-refractivity contribution >= 4 is 5.91 Å². The monoisotopic (exact) mass is 269 g/mol. The molecule has 0 radical (unpaired) electrons. The molecule has 2 rings (SSSR count). The van der Waals surface area contributed by atoms with E-state index in [4.69, 9.17) is 10.5 Å². The number of hydrogen-bond donors (Lipinski definition) is 1. The van der Waals surface area contributed by atoms with Gasteiger partial charge in [0.2, 0.25) is 5.91 Å². The molecule has 1 aliphatic heterocycles. The summed E-state index contributed by atoms with van der Waals surface area (Å²) in [5.74, 6) is 0.301. The van der Waals surface area contributed by atoms with Gasteiger partial charge in [-0.2, -0.15) is 0 Å². The fourth-order valence-electron chi connectivity index (χ4n) is 3.06. The van der Waals surface area contributed by atoms with E-state index in [0.717, 1.165) is 65.0 Å². The van der Waals surface area contributed by atoms with Crippen molar-refractivity contribution in [3.8, 4) is 0 Å². The van der Waals surface area contributed by atoms with Crippen molar-refractivity contribution in [2.45, 2.75) is 25.7 Å². The van der Waals surface area contributed by atoms with Gasteiger partial charge < -0.3 is 15.4 Å². The number of carbonyl (C=O) groups excluding carboxylic acids is 1. The molecule has 0 spiro atoms. The minimum Gasteiger partial charge on any atom is -0.383 e. The highest BCUT2D eigenvalue weighted by Crippen LogP contribution is 2.41. The van der Waals surface area contributed by atoms with Gasteiger partial charge in [0.25, 0.3) is 0 Å². The molecule has 110 valence electrons. The van der Waals surface area contributed by atoms with Crippen molar-refractivity contribution < 1.29 is 9.53 Å². The average Bonchev–Trinajstić information content (AvgIpc) is 2.61. The normalized spacial score (nSPS) is 23.8. The van der Waals surface area contributed by atoms with Crippen LogP contribution >= 0.6 is 0 Å². The summed E-state index contributed by atoms with van der Waals surface area (Å²) in [5.41, 5.74) is 5.61. The highest BCUT2D eigenvalue weighted by atomic mass is 16.5. The predicted molar refractivity (Wildman–Crippen MR) is 74.9 cm³/mol. The maximum absolute atomic E-state index is 12.6. The van der Waals surface area contributed by atoms with Gasteiger partial charge in [0.1, 0.15) is 0 Å². The molecule has 5 heteroatoms. The molecule has 1 saturated carbocycles. The Labute approximate surface area is 116 Å². The third-order valence-electron chi connectivity index (χ3n) is 4.64. The van der Waals surface area contributed by atoms with Crippen LogP contribution in [0.3, 0.4) is 0 Å². The van der Waals surface area contributed by atoms with Crippen LogP contribution in [0.25, 0.3) is 0 Å². The molecule has 0 bridgehead atoms. The summed E-state index contributed by atoms with van der Waals surface area (Å²) in [5, 5.41) is 0. The van der Waals surface area contributed by atoms with Gasteiger partial charge in [-0.15, -0.1) is 0 Å². The maximum atomic E-state index is 12.6. The van der Waals surface area contributed by atoms with Gasteiger partial charge in [-0.1, -0.05) is 6.42 Å². The number of rotatable bonds is 5. The number of methoxy groups -OCH3 is 1. The van der Waals surface area contributed by atoms with E-state index in [9.17, 15) is 4.79 Å². The molecule has 2 N–H and O–H groups in total. The van der Waals surface area contributed by atoms with Gasteiger partial charge in [-0.05, 0) is 25.8 Å². The topological polar surface area (TPSA) is 58.8 Å². The smallest absolute Gasteiger partial charge is 0.230 e. The number of hydrogen-bond acceptors (Lipinski definition) is 4. The summed E-state index contributed by atoms with van der Waals surface area (Å²) >= 11 is 0. The van der Waals surface area contributed by atoms with E-state index < -0.39 is 0 Å². The second-order valence-corrected chi connectivity index (χ2v) is 5.82. The van der Waals surface area contributed by atoms with Crippen molar-refractivity contribution in [2.24, 2.45) is 11.1 Å². The van der Waals surface area contributed by atoms with E-state index in [0.29, 0.717) is 12.5 Å². The molecular formula is C14H27N3O2. The van der Waals surface area contributed by atoms with Crippen LogP contribution in [0.2, 0.25) is 0 Å². The second kappa shape index (κ2) is 6.68. The Morgan fingerprint density at radius 1 is 1.21 bits per heavy atom. The first kappa shape index (κ1) is 14.8. The van der Waals surface area contributed by atoms with Gasteiger partial charge in [0.05, 0.1) is 12.0 Å². The number of amides is 1. The number of nitrogens with zero attached hydrogens (tertiary/aromatic N) is 2. The largest absolute Gasteiger partial charge is 0.383 e. The highest BCUT2D eigenvalue weighted by Gasteiger charge is 2.45. The fourth-order valence-corrected chi connectivity index (χ4v) is 3.06. The van der Waals surface area contributed by atoms with Gasteiger partial charge in [0.15, 0.2) is 0 Å². The maximum Gasteiger partial charge on any atom is 0.230 e. The van der Waals surface area contributed by atoms with E-state index in [2.05, 4.69) is 4.90 Å². The zero-order valence-corrected chi connectivity index (χ0v) is 12.1. The van der Waals surface area contributed by atoms with Crippen LogP contribution in [0, 0.1) is 5.41 Å². The lowest BCUT2D eigenvalue weighted by molar-refractivity contribution is -0.146. The predicted octanol–water partition coefficient (Wildman–Crippen LogP) is 0.296. The van der Waals surface area contributed by atoms with Gasteiger partial charge >= 0.3 is 0 Å². The third kappa shape index (κ3) is 3.27. The van der Waals surface area contributed by atoms with E-state index in [1.165, 1.54) is 0 Å². The minimum absolute atomic E-state index is 0.221. The number of nitrogens with two attached hydrogens (primary N) is 1. The molecule has 0 aromatic carbocycles. The van der Waals surface area contributed by atoms with E-state index in [-0.39, 0.29) is 5.41 Å². The van der Waals surface area contributed by atoms with Crippen molar-refractivity contribution in [3.05, 3.63) is 0 Å². The van der Waals surface area contributed by atoms with Crippen molar-refractivity contribution in [1.82, 2.24) is 9.80 Å². The summed E-state index contributed by atoms with van der Waals surface area (Å²) in [6.45, 7) is 5.96. The van der Waals surface area contributed by atoms with Crippen LogP contribution in [0.5, 0.6) is 0 Å². The molecule has 0 atom stereocenters. The van der Waals surface area contributed by atoms with E-state index in [1.54, 1.807) is 7.11 Å². The Balaban J connectivity index is 1.86. The zero-order valence-electron chi connectivity index (χ0n) is 12.1. The van der Waals surface area contributed by atoms with Crippen molar-refractivity contribution in [2.75, 3.05) is 53.0 Å². The fraction of sp³-hybridized carbons (Fsp3) is 0.929. The highest BCUT2D eigenvalue weighted by molar-refractivity contribution is 5.84. The lowest BCUT2D eigenvalue weighted by atomic mass is 9.68. The van der Waals surface area contributed by atoms with Crippen molar-refractivity contribution in [1.29, 1.82) is 0 Å². The quantitative estimate of drug-likeness (QED) is 0.780. The van der Waals surface area contributed by atoms with Gasteiger partial charge in [-0.3, -0.25) is 9.69 Å². The van der Waals surface area contributed by atoms with Gasteiger partial charge in [0, 0.05) is 39.8 Å². The van der Waals surface area contributed by atoms with Crippen LogP contribution in [-0.4, -0.2) is 68.7 Å². The molecular weight excluding hydrogens is 242 g/mol.